The Morgan fingerprint density at radius 3 is 2.57 bits per heavy atom. The summed E-state index contributed by atoms with van der Waals surface area (Å²) in [6, 6.07) is 5.43. The summed E-state index contributed by atoms with van der Waals surface area (Å²) in [5, 5.41) is 12.8. The molecule has 0 aliphatic heterocycles. The van der Waals surface area contributed by atoms with E-state index in [2.05, 4.69) is 0 Å². The van der Waals surface area contributed by atoms with Crippen molar-refractivity contribution in [2.24, 2.45) is 0 Å². The minimum Gasteiger partial charge on any atom is -0.495 e. The summed E-state index contributed by atoms with van der Waals surface area (Å²) in [7, 11) is -1.16. The van der Waals surface area contributed by atoms with E-state index in [1.54, 1.807) is 0 Å². The minimum atomic E-state index is -3.92. The van der Waals surface area contributed by atoms with Crippen LogP contribution in [0.4, 0.5) is 5.69 Å². The number of rotatable bonds is 6. The van der Waals surface area contributed by atoms with Gasteiger partial charge in [0.05, 0.1) is 12.0 Å². The molecule has 0 aliphatic rings. The number of ether oxygens (including phenoxy) is 1. The third kappa shape index (κ3) is 3.52. The molecular weight excluding hydrogens is 340 g/mol. The van der Waals surface area contributed by atoms with Crippen molar-refractivity contribution in [3.8, 4) is 5.75 Å². The highest BCUT2D eigenvalue weighted by atomic mass is 32.2. The Bertz CT molecular complexity index is 829. The quantitative estimate of drug-likeness (QED) is 0.586. The van der Waals surface area contributed by atoms with E-state index in [4.69, 9.17) is 4.74 Å². The highest BCUT2D eigenvalue weighted by molar-refractivity contribution is 7.89. The minimum absolute atomic E-state index is 0.0744. The van der Waals surface area contributed by atoms with Crippen LogP contribution in [-0.4, -0.2) is 31.8 Å². The van der Waals surface area contributed by atoms with Crippen LogP contribution in [0.5, 0.6) is 5.75 Å². The van der Waals surface area contributed by atoms with Crippen LogP contribution >= 0.6 is 11.3 Å². The van der Waals surface area contributed by atoms with Crippen molar-refractivity contribution in [1.29, 1.82) is 0 Å². The van der Waals surface area contributed by atoms with Gasteiger partial charge >= 0.3 is 0 Å². The van der Waals surface area contributed by atoms with Gasteiger partial charge in [0.1, 0.15) is 10.6 Å². The summed E-state index contributed by atoms with van der Waals surface area (Å²) in [4.78, 5) is 11.0. The van der Waals surface area contributed by atoms with Crippen molar-refractivity contribution in [1.82, 2.24) is 4.31 Å². The molecule has 124 valence electrons. The number of methoxy groups -OCH3 is 1. The molecule has 7 nitrogen and oxygen atoms in total. The Morgan fingerprint density at radius 2 is 2.04 bits per heavy atom. The summed E-state index contributed by atoms with van der Waals surface area (Å²) < 4.78 is 31.7. The van der Waals surface area contributed by atoms with Crippen molar-refractivity contribution in [3.63, 3.8) is 0 Å². The Labute approximate surface area is 138 Å². The monoisotopic (exact) mass is 356 g/mol. The molecule has 0 radical (unpaired) electrons. The molecule has 0 saturated heterocycles. The van der Waals surface area contributed by atoms with E-state index >= 15 is 0 Å². The molecule has 0 saturated carbocycles. The fraction of sp³-hybridized carbons (Fsp3) is 0.286. The zero-order valence-electron chi connectivity index (χ0n) is 12.8. The van der Waals surface area contributed by atoms with Crippen molar-refractivity contribution >= 4 is 27.0 Å². The predicted octanol–water partition coefficient (Wildman–Crippen LogP) is 2.79. The van der Waals surface area contributed by atoms with Crippen LogP contribution in [0.1, 0.15) is 10.4 Å². The Balaban J connectivity index is 2.43. The molecule has 0 fully saturated rings. The van der Waals surface area contributed by atoms with Gasteiger partial charge in [-0.2, -0.15) is 4.31 Å². The van der Waals surface area contributed by atoms with Gasteiger partial charge in [-0.3, -0.25) is 10.1 Å². The maximum Gasteiger partial charge on any atom is 0.271 e. The first-order valence-corrected chi connectivity index (χ1v) is 8.91. The van der Waals surface area contributed by atoms with Crippen LogP contribution in [-0.2, 0) is 16.6 Å². The van der Waals surface area contributed by atoms with E-state index in [0.717, 1.165) is 20.8 Å². The van der Waals surface area contributed by atoms with Gasteiger partial charge in [-0.1, -0.05) is 0 Å². The number of non-ortho nitro benzene ring substituents is 1. The van der Waals surface area contributed by atoms with Crippen molar-refractivity contribution in [3.05, 3.63) is 50.2 Å². The van der Waals surface area contributed by atoms with Crippen molar-refractivity contribution < 1.29 is 18.1 Å². The molecule has 1 aromatic carbocycles. The third-order valence-corrected chi connectivity index (χ3v) is 6.21. The van der Waals surface area contributed by atoms with Crippen LogP contribution in [0.25, 0.3) is 0 Å². The van der Waals surface area contributed by atoms with E-state index in [9.17, 15) is 18.5 Å². The van der Waals surface area contributed by atoms with Crippen LogP contribution < -0.4 is 4.74 Å². The molecule has 0 atom stereocenters. The summed E-state index contributed by atoms with van der Waals surface area (Å²) in [6.45, 7) is 2.10. The standard InChI is InChI=1S/C14H16N2O5S2/c1-10-6-7-22-13(10)9-15(2)23(19,20)14-8-11(16(17)18)4-5-12(14)21-3/h4-8H,9H2,1-3H3. The van der Waals surface area contributed by atoms with E-state index in [-0.39, 0.29) is 22.9 Å². The SMILES string of the molecule is COc1ccc([N+](=O)[O-])cc1S(=O)(=O)N(C)Cc1sccc1C. The van der Waals surface area contributed by atoms with Gasteiger partial charge in [-0.25, -0.2) is 8.42 Å². The van der Waals surface area contributed by atoms with Gasteiger partial charge in [0, 0.05) is 30.6 Å². The fourth-order valence-corrected chi connectivity index (χ4v) is 4.35. The molecule has 0 unspecified atom stereocenters. The molecule has 0 aliphatic carbocycles. The molecule has 2 rings (SSSR count). The lowest BCUT2D eigenvalue weighted by molar-refractivity contribution is -0.385. The van der Waals surface area contributed by atoms with Crippen LogP contribution in [0.2, 0.25) is 0 Å². The number of nitro benzene ring substituents is 1. The maximum absolute atomic E-state index is 12.8. The molecule has 0 bridgehead atoms. The van der Waals surface area contributed by atoms with E-state index in [1.807, 2.05) is 18.4 Å². The zero-order chi connectivity index (χ0) is 17.2. The molecule has 0 N–H and O–H groups in total. The number of aryl methyl sites for hydroxylation is 1. The number of thiophene rings is 1. The highest BCUT2D eigenvalue weighted by Gasteiger charge is 2.27. The summed E-state index contributed by atoms with van der Waals surface area (Å²) in [6.07, 6.45) is 0. The van der Waals surface area contributed by atoms with Crippen molar-refractivity contribution in [2.45, 2.75) is 18.4 Å². The lowest BCUT2D eigenvalue weighted by Gasteiger charge is -2.18. The number of benzene rings is 1. The molecule has 0 amide bonds. The summed E-state index contributed by atoms with van der Waals surface area (Å²) in [5.41, 5.74) is 0.702. The second kappa shape index (κ2) is 6.65. The lowest BCUT2D eigenvalue weighted by Crippen LogP contribution is -2.26. The van der Waals surface area contributed by atoms with Crippen LogP contribution in [0, 0.1) is 17.0 Å². The Morgan fingerprint density at radius 1 is 1.35 bits per heavy atom. The molecular formula is C14H16N2O5S2. The number of sulfonamides is 1. The topological polar surface area (TPSA) is 89.7 Å². The molecule has 2 aromatic rings. The van der Waals surface area contributed by atoms with Gasteiger partial charge < -0.3 is 4.74 Å². The molecule has 9 heteroatoms. The number of nitro groups is 1. The van der Waals surface area contributed by atoms with E-state index in [1.165, 1.54) is 37.6 Å². The van der Waals surface area contributed by atoms with Gasteiger partial charge in [0.15, 0.2) is 0 Å². The van der Waals surface area contributed by atoms with Gasteiger partial charge in [0.25, 0.3) is 5.69 Å². The Hall–Kier alpha value is -1.97. The molecule has 23 heavy (non-hydrogen) atoms. The first-order valence-electron chi connectivity index (χ1n) is 6.59. The number of hydrogen-bond donors (Lipinski definition) is 0. The van der Waals surface area contributed by atoms with E-state index in [0.29, 0.717) is 0 Å². The van der Waals surface area contributed by atoms with Crippen molar-refractivity contribution in [2.75, 3.05) is 14.2 Å². The van der Waals surface area contributed by atoms with Gasteiger partial charge in [-0.05, 0) is 30.0 Å². The highest BCUT2D eigenvalue weighted by Crippen LogP contribution is 2.31. The van der Waals surface area contributed by atoms with Crippen LogP contribution in [0.15, 0.2) is 34.5 Å². The van der Waals surface area contributed by atoms with Gasteiger partial charge in [0.2, 0.25) is 10.0 Å². The summed E-state index contributed by atoms with van der Waals surface area (Å²) >= 11 is 1.46. The average Bonchev–Trinajstić information content (AvgIpc) is 2.91. The fourth-order valence-electron chi connectivity index (χ4n) is 2.00. The molecule has 0 spiro atoms. The number of nitrogens with zero attached hydrogens (tertiary/aromatic N) is 2. The van der Waals surface area contributed by atoms with Gasteiger partial charge in [-0.15, -0.1) is 11.3 Å². The average molecular weight is 356 g/mol. The second-order valence-electron chi connectivity index (χ2n) is 4.88. The number of hydrogen-bond acceptors (Lipinski definition) is 6. The normalized spacial score (nSPS) is 11.7. The smallest absolute Gasteiger partial charge is 0.271 e. The third-order valence-electron chi connectivity index (χ3n) is 3.38. The zero-order valence-corrected chi connectivity index (χ0v) is 14.5. The van der Waals surface area contributed by atoms with E-state index < -0.39 is 14.9 Å². The predicted molar refractivity (Wildman–Crippen MR) is 87.4 cm³/mol. The summed E-state index contributed by atoms with van der Waals surface area (Å²) in [5.74, 6) is 0.0744. The molecule has 1 aromatic heterocycles. The van der Waals surface area contributed by atoms with Crippen LogP contribution in [0.3, 0.4) is 0 Å². The maximum atomic E-state index is 12.8. The second-order valence-corrected chi connectivity index (χ2v) is 7.89. The Kier molecular flexibility index (Phi) is 5.03. The molecule has 1 heterocycles. The largest absolute Gasteiger partial charge is 0.495 e. The first-order chi connectivity index (χ1) is 10.8. The first kappa shape index (κ1) is 17.4. The lowest BCUT2D eigenvalue weighted by atomic mass is 10.3.